The van der Waals surface area contributed by atoms with Crippen LogP contribution >= 0.6 is 35.7 Å². The van der Waals surface area contributed by atoms with Crippen LogP contribution in [0.3, 0.4) is 0 Å². The molecule has 1 fully saturated rings. The second-order valence-corrected chi connectivity index (χ2v) is 14.8. The number of thiocarbonyl (C=S) groups is 1. The molecule has 8 nitrogen and oxygen atoms in total. The third kappa shape index (κ3) is 13.3. The van der Waals surface area contributed by atoms with Crippen LogP contribution in [-0.4, -0.2) is 82.1 Å². The van der Waals surface area contributed by atoms with Crippen molar-refractivity contribution in [2.45, 2.75) is 90.4 Å². The number of amides is 2. The van der Waals surface area contributed by atoms with Gasteiger partial charge in [-0.05, 0) is 37.5 Å². The summed E-state index contributed by atoms with van der Waals surface area (Å²) in [6, 6.07) is 7.87. The van der Waals surface area contributed by atoms with Gasteiger partial charge >= 0.3 is 0 Å². The number of benzene rings is 1. The molecule has 1 aromatic rings. The SMILES string of the molecule is CCCC[N+](CCCC)(CCCC)CCCC.CSC(=S)SC(C(=O)N[C@H]1CN(S(=O)(=O)[O-])C1=O)c1ccccc1. The van der Waals surface area contributed by atoms with Crippen molar-refractivity contribution >= 4 is 61.4 Å². The first-order chi connectivity index (χ1) is 19.5. The van der Waals surface area contributed by atoms with Gasteiger partial charge in [-0.2, -0.15) is 0 Å². The number of nitrogens with zero attached hydrogens (tertiary/aromatic N) is 2. The van der Waals surface area contributed by atoms with Crippen molar-refractivity contribution in [3.8, 4) is 0 Å². The average molecular weight is 648 g/mol. The highest BCUT2D eigenvalue weighted by atomic mass is 32.2. The molecule has 1 heterocycles. The highest BCUT2D eigenvalue weighted by Gasteiger charge is 2.42. The standard InChI is InChI=1S/C16H36N.C13H14N2O5S4/c1-5-9-13-17(14-10-6-2,15-11-7-3)16-12-8-4;1-22-13(21)23-10(8-5-3-2-4-6-8)11(16)14-9-7-15(12(9)17)24(18,19)20/h5-16H2,1-4H3;2-6,9-10H,7H2,1H3,(H,14,16)(H,18,19,20)/q+1;/p-1/t;9-,10?/m.0/s1. The smallest absolute Gasteiger partial charge is 0.259 e. The quantitative estimate of drug-likeness (QED) is 0.0965. The summed E-state index contributed by atoms with van der Waals surface area (Å²) in [5.41, 5.74) is 0.705. The second kappa shape index (κ2) is 19.9. The normalized spacial score (nSPS) is 15.9. The third-order valence-corrected chi connectivity index (χ3v) is 10.8. The van der Waals surface area contributed by atoms with E-state index in [4.69, 9.17) is 12.2 Å². The first-order valence-corrected chi connectivity index (χ1v) is 18.6. The summed E-state index contributed by atoms with van der Waals surface area (Å²) in [6.45, 7) is 14.7. The van der Waals surface area contributed by atoms with Gasteiger partial charge < -0.3 is 14.4 Å². The van der Waals surface area contributed by atoms with Gasteiger partial charge in [-0.25, -0.2) is 12.7 Å². The number of thioether (sulfide) groups is 2. The first-order valence-electron chi connectivity index (χ1n) is 14.7. The molecule has 0 bridgehead atoms. The molecule has 0 aromatic heterocycles. The molecule has 1 N–H and O–H groups in total. The maximum atomic E-state index is 12.5. The van der Waals surface area contributed by atoms with E-state index < -0.39 is 33.4 Å². The third-order valence-electron chi connectivity index (χ3n) is 7.14. The van der Waals surface area contributed by atoms with Gasteiger partial charge in [0, 0.05) is 0 Å². The summed E-state index contributed by atoms with van der Waals surface area (Å²) < 4.78 is 34.6. The molecule has 1 aliphatic heterocycles. The summed E-state index contributed by atoms with van der Waals surface area (Å²) >= 11 is 7.64. The van der Waals surface area contributed by atoms with Gasteiger partial charge in [0.1, 0.15) is 14.8 Å². The Balaban J connectivity index is 0.000000438. The largest absolute Gasteiger partial charge is 0.731 e. The predicted molar refractivity (Wildman–Crippen MR) is 176 cm³/mol. The van der Waals surface area contributed by atoms with Crippen molar-refractivity contribution in [1.29, 1.82) is 0 Å². The monoisotopic (exact) mass is 647 g/mol. The molecule has 234 valence electrons. The minimum absolute atomic E-state index is 0.190. The van der Waals surface area contributed by atoms with E-state index in [-0.39, 0.29) is 10.8 Å². The summed E-state index contributed by atoms with van der Waals surface area (Å²) in [6.07, 6.45) is 12.9. The van der Waals surface area contributed by atoms with Crippen LogP contribution in [0.4, 0.5) is 0 Å². The molecule has 2 rings (SSSR count). The van der Waals surface area contributed by atoms with Crippen molar-refractivity contribution in [2.24, 2.45) is 0 Å². The lowest BCUT2D eigenvalue weighted by atomic mass is 10.1. The molecule has 41 heavy (non-hydrogen) atoms. The lowest BCUT2D eigenvalue weighted by Gasteiger charge is -2.39. The van der Waals surface area contributed by atoms with Gasteiger partial charge in [0.15, 0.2) is 10.3 Å². The van der Waals surface area contributed by atoms with Crippen LogP contribution in [0.2, 0.25) is 0 Å². The second-order valence-electron chi connectivity index (χ2n) is 10.4. The Hall–Kier alpha value is -1.18. The lowest BCUT2D eigenvalue weighted by molar-refractivity contribution is -0.929. The van der Waals surface area contributed by atoms with Gasteiger partial charge in [0.25, 0.3) is 5.91 Å². The minimum Gasteiger partial charge on any atom is -0.731 e. The molecule has 0 radical (unpaired) electrons. The molecular weight excluding hydrogens is 599 g/mol. The maximum absolute atomic E-state index is 12.5. The average Bonchev–Trinajstić information content (AvgIpc) is 2.96. The van der Waals surface area contributed by atoms with Crippen molar-refractivity contribution in [3.05, 3.63) is 35.9 Å². The van der Waals surface area contributed by atoms with Crippen molar-refractivity contribution < 1.29 is 27.0 Å². The molecule has 0 spiro atoms. The van der Waals surface area contributed by atoms with Crippen LogP contribution in [-0.2, 0) is 19.9 Å². The Labute approximate surface area is 262 Å². The van der Waals surface area contributed by atoms with Gasteiger partial charge in [-0.15, -0.1) is 11.8 Å². The fourth-order valence-corrected chi connectivity index (χ4v) is 6.94. The Morgan fingerprint density at radius 1 is 1.00 bits per heavy atom. The molecule has 2 amide bonds. The Kier molecular flexibility index (Phi) is 18.4. The lowest BCUT2D eigenvalue weighted by Crippen LogP contribution is -2.65. The topological polar surface area (TPSA) is 107 Å². The Morgan fingerprint density at radius 2 is 1.46 bits per heavy atom. The van der Waals surface area contributed by atoms with Crippen LogP contribution in [0.5, 0.6) is 0 Å². The molecule has 1 saturated heterocycles. The fraction of sp³-hybridized carbons (Fsp3) is 0.690. The van der Waals surface area contributed by atoms with E-state index in [1.54, 1.807) is 30.5 Å². The van der Waals surface area contributed by atoms with Crippen LogP contribution in [0.15, 0.2) is 30.3 Å². The molecule has 2 atom stereocenters. The van der Waals surface area contributed by atoms with E-state index in [1.807, 2.05) is 6.07 Å². The molecule has 1 aromatic carbocycles. The van der Waals surface area contributed by atoms with Crippen molar-refractivity contribution in [1.82, 2.24) is 9.62 Å². The summed E-state index contributed by atoms with van der Waals surface area (Å²) in [4.78, 5) is 24.2. The molecule has 1 unspecified atom stereocenters. The van der Waals surface area contributed by atoms with Crippen LogP contribution in [0.25, 0.3) is 0 Å². The molecule has 0 saturated carbocycles. The number of carbonyl (C=O) groups is 2. The van der Waals surface area contributed by atoms with Crippen LogP contribution in [0.1, 0.15) is 89.9 Å². The zero-order valence-corrected chi connectivity index (χ0v) is 28.6. The van der Waals surface area contributed by atoms with E-state index in [0.29, 0.717) is 9.09 Å². The summed E-state index contributed by atoms with van der Waals surface area (Å²) in [5, 5.41) is 1.80. The number of hydrogen-bond acceptors (Lipinski definition) is 8. The van der Waals surface area contributed by atoms with E-state index in [2.05, 4.69) is 33.0 Å². The number of nitrogens with one attached hydrogen (secondary N) is 1. The minimum atomic E-state index is -4.83. The van der Waals surface area contributed by atoms with E-state index in [1.165, 1.54) is 106 Å². The summed E-state index contributed by atoms with van der Waals surface area (Å²) in [7, 11) is -4.83. The van der Waals surface area contributed by atoms with Crippen LogP contribution < -0.4 is 5.32 Å². The Bertz CT molecular complexity index is 1000. The first kappa shape index (κ1) is 37.8. The molecule has 1 aliphatic rings. The summed E-state index contributed by atoms with van der Waals surface area (Å²) in [5.74, 6) is -1.40. The van der Waals surface area contributed by atoms with E-state index in [9.17, 15) is 22.6 Å². The number of hydrogen-bond donors (Lipinski definition) is 1. The van der Waals surface area contributed by atoms with Crippen molar-refractivity contribution in [3.63, 3.8) is 0 Å². The maximum Gasteiger partial charge on any atom is 0.259 e. The van der Waals surface area contributed by atoms with Gasteiger partial charge in [0.05, 0.1) is 32.7 Å². The van der Waals surface area contributed by atoms with Gasteiger partial charge in [-0.3, -0.25) is 9.59 Å². The number of rotatable bonds is 17. The zero-order chi connectivity index (χ0) is 30.9. The molecular formula is C29H49N3O5S4. The van der Waals surface area contributed by atoms with E-state index >= 15 is 0 Å². The highest BCUT2D eigenvalue weighted by Crippen LogP contribution is 2.33. The number of quaternary nitrogens is 1. The van der Waals surface area contributed by atoms with E-state index in [0.717, 1.165) is 0 Å². The van der Waals surface area contributed by atoms with Crippen molar-refractivity contribution in [2.75, 3.05) is 39.0 Å². The molecule has 12 heteroatoms. The van der Waals surface area contributed by atoms with Gasteiger partial charge in [0.2, 0.25) is 5.91 Å². The Morgan fingerprint density at radius 3 is 1.83 bits per heavy atom. The number of β-lactam (4-membered cyclic amide) rings is 1. The predicted octanol–water partition coefficient (Wildman–Crippen LogP) is 5.90. The van der Waals surface area contributed by atoms with Gasteiger partial charge in [-0.1, -0.05) is 108 Å². The zero-order valence-electron chi connectivity index (χ0n) is 25.3. The number of carbonyl (C=O) groups excluding carboxylic acids is 2. The molecule has 0 aliphatic carbocycles. The highest BCUT2D eigenvalue weighted by molar-refractivity contribution is 8.47. The number of unbranched alkanes of at least 4 members (excludes halogenated alkanes) is 4. The van der Waals surface area contributed by atoms with Crippen LogP contribution in [0, 0.1) is 0 Å². The fourth-order valence-electron chi connectivity index (χ4n) is 4.64.